The highest BCUT2D eigenvalue weighted by atomic mass is 31.0. The molecule has 0 radical (unpaired) electrons. The molecule has 0 aliphatic carbocycles. The highest BCUT2D eigenvalue weighted by molar-refractivity contribution is 7.14. The van der Waals surface area contributed by atoms with Crippen molar-refractivity contribution in [3.8, 4) is 0 Å². The fourth-order valence-electron chi connectivity index (χ4n) is 1.83. The summed E-state index contributed by atoms with van der Waals surface area (Å²) in [6.45, 7) is 5.39. The lowest BCUT2D eigenvalue weighted by Gasteiger charge is -2.17. The smallest absolute Gasteiger partial charge is 0.225 e. The first-order valence-corrected chi connectivity index (χ1v) is 5.21. The van der Waals surface area contributed by atoms with Crippen LogP contribution in [0.25, 0.3) is 0 Å². The van der Waals surface area contributed by atoms with Gasteiger partial charge in [-0.1, -0.05) is 26.7 Å². The third-order valence-corrected chi connectivity index (χ3v) is 3.24. The van der Waals surface area contributed by atoms with Crippen LogP contribution < -0.4 is 0 Å². The van der Waals surface area contributed by atoms with Crippen molar-refractivity contribution in [2.45, 2.75) is 33.1 Å². The molecular formula is C9H18NOP. The Hall–Kier alpha value is -0.100. The maximum absolute atomic E-state index is 11.2. The van der Waals surface area contributed by atoms with Crippen LogP contribution in [0.5, 0.6) is 0 Å². The molecule has 0 saturated carbocycles. The average molecular weight is 187 g/mol. The molecule has 70 valence electrons. The van der Waals surface area contributed by atoms with Crippen LogP contribution in [0, 0.1) is 11.8 Å². The molecule has 12 heavy (non-hydrogen) atoms. The van der Waals surface area contributed by atoms with Crippen molar-refractivity contribution >= 4 is 15.3 Å². The predicted octanol–water partition coefficient (Wildman–Crippen LogP) is 2.06. The van der Waals surface area contributed by atoms with E-state index in [1.807, 2.05) is 0 Å². The number of hydrogen-bond acceptors (Lipinski definition) is 1. The van der Waals surface area contributed by atoms with Crippen molar-refractivity contribution in [1.29, 1.82) is 0 Å². The van der Waals surface area contributed by atoms with Gasteiger partial charge in [0.05, 0.1) is 0 Å². The van der Waals surface area contributed by atoms with Gasteiger partial charge in [-0.3, -0.25) is 4.79 Å². The minimum atomic E-state index is 0.285. The van der Waals surface area contributed by atoms with E-state index in [1.165, 1.54) is 12.8 Å². The minimum absolute atomic E-state index is 0.285. The number of hydrogen-bond donors (Lipinski definition) is 0. The molecule has 2 nitrogen and oxygen atoms in total. The minimum Gasteiger partial charge on any atom is -0.327 e. The summed E-state index contributed by atoms with van der Waals surface area (Å²) in [5.74, 6) is 1.58. The molecule has 1 fully saturated rings. The largest absolute Gasteiger partial charge is 0.327 e. The predicted molar refractivity (Wildman–Crippen MR) is 53.6 cm³/mol. The van der Waals surface area contributed by atoms with Gasteiger partial charge in [0.2, 0.25) is 5.91 Å². The number of carbonyl (C=O) groups is 1. The summed E-state index contributed by atoms with van der Waals surface area (Å²) < 4.78 is 1.77. The summed E-state index contributed by atoms with van der Waals surface area (Å²) in [7, 11) is 2.50. The molecule has 1 rings (SSSR count). The summed E-state index contributed by atoms with van der Waals surface area (Å²) in [4.78, 5) is 11.2. The summed E-state index contributed by atoms with van der Waals surface area (Å²) in [5.41, 5.74) is 0. The number of rotatable bonds is 3. The summed E-state index contributed by atoms with van der Waals surface area (Å²) in [5, 5.41) is 0. The van der Waals surface area contributed by atoms with Crippen LogP contribution in [-0.2, 0) is 4.79 Å². The van der Waals surface area contributed by atoms with Crippen LogP contribution in [0.4, 0.5) is 0 Å². The third kappa shape index (κ3) is 2.20. The van der Waals surface area contributed by atoms with Gasteiger partial charge in [-0.25, -0.2) is 0 Å². The molecule has 1 aliphatic rings. The van der Waals surface area contributed by atoms with Crippen molar-refractivity contribution in [3.05, 3.63) is 0 Å². The van der Waals surface area contributed by atoms with E-state index >= 15 is 0 Å². The van der Waals surface area contributed by atoms with E-state index in [1.54, 1.807) is 4.67 Å². The SMILES string of the molecule is CCCC(C)C1CC(=O)N(P)C1. The highest BCUT2D eigenvalue weighted by Gasteiger charge is 2.30. The van der Waals surface area contributed by atoms with Crippen molar-refractivity contribution in [1.82, 2.24) is 4.67 Å². The van der Waals surface area contributed by atoms with Gasteiger partial charge in [-0.05, 0) is 21.2 Å². The molecule has 0 aromatic carbocycles. The molecule has 1 heterocycles. The zero-order valence-electron chi connectivity index (χ0n) is 7.92. The molecule has 1 amide bonds. The summed E-state index contributed by atoms with van der Waals surface area (Å²) in [6.07, 6.45) is 3.23. The van der Waals surface area contributed by atoms with Gasteiger partial charge in [-0.15, -0.1) is 0 Å². The van der Waals surface area contributed by atoms with Crippen LogP contribution in [0.3, 0.4) is 0 Å². The Morgan fingerprint density at radius 1 is 1.75 bits per heavy atom. The Kier molecular flexibility index (Phi) is 3.52. The number of carbonyl (C=O) groups excluding carboxylic acids is 1. The first kappa shape index (κ1) is 9.98. The van der Waals surface area contributed by atoms with Crippen LogP contribution in [-0.4, -0.2) is 17.1 Å². The second-order valence-corrected chi connectivity index (χ2v) is 4.40. The van der Waals surface area contributed by atoms with E-state index < -0.39 is 0 Å². The van der Waals surface area contributed by atoms with E-state index in [4.69, 9.17) is 0 Å². The molecule has 1 aliphatic heterocycles. The van der Waals surface area contributed by atoms with Crippen molar-refractivity contribution < 1.29 is 4.79 Å². The lowest BCUT2D eigenvalue weighted by Crippen LogP contribution is -2.15. The molecule has 3 heteroatoms. The first-order chi connectivity index (χ1) is 5.65. The molecular weight excluding hydrogens is 169 g/mol. The lowest BCUT2D eigenvalue weighted by atomic mass is 9.90. The molecule has 0 aromatic heterocycles. The van der Waals surface area contributed by atoms with Crippen molar-refractivity contribution in [2.24, 2.45) is 11.8 Å². The second-order valence-electron chi connectivity index (χ2n) is 3.78. The molecule has 0 aromatic rings. The van der Waals surface area contributed by atoms with Gasteiger partial charge in [0.1, 0.15) is 0 Å². The van der Waals surface area contributed by atoms with Gasteiger partial charge < -0.3 is 4.67 Å². The zero-order valence-corrected chi connectivity index (χ0v) is 9.07. The van der Waals surface area contributed by atoms with Crippen LogP contribution in [0.15, 0.2) is 0 Å². The Morgan fingerprint density at radius 3 is 2.83 bits per heavy atom. The zero-order chi connectivity index (χ0) is 9.14. The van der Waals surface area contributed by atoms with Gasteiger partial charge in [0.25, 0.3) is 0 Å². The van der Waals surface area contributed by atoms with Gasteiger partial charge in [-0.2, -0.15) is 0 Å². The molecule has 3 unspecified atom stereocenters. The van der Waals surface area contributed by atoms with E-state index in [0.29, 0.717) is 11.8 Å². The van der Waals surface area contributed by atoms with Gasteiger partial charge >= 0.3 is 0 Å². The third-order valence-electron chi connectivity index (χ3n) is 2.74. The first-order valence-electron chi connectivity index (χ1n) is 4.70. The average Bonchev–Trinajstić information content (AvgIpc) is 2.33. The topological polar surface area (TPSA) is 20.3 Å². The fraction of sp³-hybridized carbons (Fsp3) is 0.889. The van der Waals surface area contributed by atoms with E-state index in [2.05, 4.69) is 23.2 Å². The summed E-state index contributed by atoms with van der Waals surface area (Å²) >= 11 is 0. The number of amides is 1. The highest BCUT2D eigenvalue weighted by Crippen LogP contribution is 2.29. The van der Waals surface area contributed by atoms with E-state index in [9.17, 15) is 4.79 Å². The second kappa shape index (κ2) is 4.23. The maximum atomic E-state index is 11.2. The van der Waals surface area contributed by atoms with Crippen molar-refractivity contribution in [2.75, 3.05) is 6.54 Å². The fourth-order valence-corrected chi connectivity index (χ4v) is 2.21. The monoisotopic (exact) mass is 187 g/mol. The molecule has 0 bridgehead atoms. The van der Waals surface area contributed by atoms with E-state index in [-0.39, 0.29) is 5.91 Å². The Bertz CT molecular complexity index is 172. The summed E-state index contributed by atoms with van der Waals surface area (Å²) in [6, 6.07) is 0. The Labute approximate surface area is 77.0 Å². The number of nitrogens with zero attached hydrogens (tertiary/aromatic N) is 1. The Balaban J connectivity index is 2.40. The van der Waals surface area contributed by atoms with Gasteiger partial charge in [0.15, 0.2) is 0 Å². The van der Waals surface area contributed by atoms with Crippen LogP contribution in [0.1, 0.15) is 33.1 Å². The molecule has 1 saturated heterocycles. The van der Waals surface area contributed by atoms with Crippen LogP contribution >= 0.6 is 9.39 Å². The standard InChI is InChI=1S/C9H18NOP/c1-3-4-7(2)8-5-9(11)10(12)6-8/h7-8H,3-6,12H2,1-2H3. The van der Waals surface area contributed by atoms with Gasteiger partial charge in [0, 0.05) is 13.0 Å². The Morgan fingerprint density at radius 2 is 2.42 bits per heavy atom. The normalized spacial score (nSPS) is 26.4. The quantitative estimate of drug-likeness (QED) is 0.619. The lowest BCUT2D eigenvalue weighted by molar-refractivity contribution is -0.123. The molecule has 3 atom stereocenters. The molecule has 0 N–H and O–H groups in total. The van der Waals surface area contributed by atoms with Crippen molar-refractivity contribution in [3.63, 3.8) is 0 Å². The van der Waals surface area contributed by atoms with E-state index in [0.717, 1.165) is 13.0 Å². The molecule has 0 spiro atoms. The van der Waals surface area contributed by atoms with Crippen LogP contribution in [0.2, 0.25) is 0 Å². The maximum Gasteiger partial charge on any atom is 0.225 e.